The fourth-order valence-electron chi connectivity index (χ4n) is 4.09. The number of nitrogens with one attached hydrogen (secondary N) is 2. The van der Waals surface area contributed by atoms with E-state index in [1.165, 1.54) is 0 Å². The zero-order chi connectivity index (χ0) is 26.5. The van der Waals surface area contributed by atoms with E-state index >= 15 is 0 Å². The van der Waals surface area contributed by atoms with Crippen molar-refractivity contribution in [3.63, 3.8) is 0 Å². The van der Waals surface area contributed by atoms with Gasteiger partial charge in [-0.1, -0.05) is 0 Å². The molecule has 3 atom stereocenters. The summed E-state index contributed by atoms with van der Waals surface area (Å²) in [6.45, 7) is 0.786. The van der Waals surface area contributed by atoms with E-state index in [1.54, 1.807) is 36.4 Å². The Labute approximate surface area is 214 Å². The molecule has 14 nitrogen and oxygen atoms in total. The molecule has 38 heavy (non-hydrogen) atoms. The summed E-state index contributed by atoms with van der Waals surface area (Å²) in [6, 6.07) is 9.61. The van der Waals surface area contributed by atoms with Gasteiger partial charge in [0.05, 0.1) is 19.6 Å². The summed E-state index contributed by atoms with van der Waals surface area (Å²) >= 11 is 0. The molecule has 2 saturated heterocycles. The highest BCUT2D eigenvalue weighted by molar-refractivity contribution is 5.98. The molecule has 2 aromatic heterocycles. The molecule has 14 heteroatoms. The van der Waals surface area contributed by atoms with Crippen molar-refractivity contribution >= 4 is 39.9 Å². The number of hydrogen-bond acceptors (Lipinski definition) is 12. The van der Waals surface area contributed by atoms with E-state index in [4.69, 9.17) is 9.47 Å². The fraction of sp³-hybridized carbons (Fsp3) is 0.375. The summed E-state index contributed by atoms with van der Waals surface area (Å²) in [7, 11) is 0. The summed E-state index contributed by atoms with van der Waals surface area (Å²) in [6.07, 6.45) is 1.13. The molecule has 0 spiro atoms. The summed E-state index contributed by atoms with van der Waals surface area (Å²) < 4.78 is 19.0. The molecule has 2 aromatic carbocycles. The number of hydrogen-bond donors (Lipinski definition) is 3. The number of nitrogens with zero attached hydrogens (tertiary/aromatic N) is 4. The average Bonchev–Trinajstić information content (AvgIpc) is 3.57. The molecular weight excluding hydrogens is 500 g/mol. The highest BCUT2D eigenvalue weighted by atomic mass is 16.6. The van der Waals surface area contributed by atoms with Gasteiger partial charge in [-0.3, -0.25) is 14.4 Å². The van der Waals surface area contributed by atoms with Crippen LogP contribution in [0.25, 0.3) is 22.1 Å². The number of carbonyl (C=O) groups excluding carboxylic acids is 3. The summed E-state index contributed by atoms with van der Waals surface area (Å²) in [4.78, 5) is 35.2. The maximum Gasteiger partial charge on any atom is 0.307 e. The minimum absolute atomic E-state index is 0.0811. The van der Waals surface area contributed by atoms with Crippen LogP contribution in [0, 0.1) is 0 Å². The first-order valence-electron chi connectivity index (χ1n) is 12.0. The summed E-state index contributed by atoms with van der Waals surface area (Å²) in [5.74, 6) is -0.735. The Morgan fingerprint density at radius 2 is 1.34 bits per heavy atom. The van der Waals surface area contributed by atoms with Crippen LogP contribution in [0.3, 0.4) is 0 Å². The smallest absolute Gasteiger partial charge is 0.307 e. The van der Waals surface area contributed by atoms with Crippen LogP contribution in [0.1, 0.15) is 46.4 Å². The molecule has 2 fully saturated rings. The topological polar surface area (TPSA) is 192 Å². The molecule has 3 unspecified atom stereocenters. The first-order valence-corrected chi connectivity index (χ1v) is 12.0. The molecular formula is C24H24N6O8. The van der Waals surface area contributed by atoms with Crippen LogP contribution >= 0.6 is 0 Å². The second-order valence-electron chi connectivity index (χ2n) is 8.84. The Balaban J connectivity index is 0.000000155. The second kappa shape index (κ2) is 11.3. The van der Waals surface area contributed by atoms with Crippen LogP contribution in [0.2, 0.25) is 0 Å². The molecule has 0 radical (unpaired) electrons. The zero-order valence-electron chi connectivity index (χ0n) is 20.0. The number of carbonyl (C=O) groups is 3. The van der Waals surface area contributed by atoms with Crippen molar-refractivity contribution in [1.29, 1.82) is 0 Å². The van der Waals surface area contributed by atoms with E-state index in [0.717, 1.165) is 0 Å². The largest absolute Gasteiger partial charge is 0.466 e. The highest BCUT2D eigenvalue weighted by Crippen LogP contribution is 2.16. The Bertz CT molecular complexity index is 1450. The number of rotatable bonds is 4. The van der Waals surface area contributed by atoms with E-state index in [1.807, 2.05) is 0 Å². The van der Waals surface area contributed by atoms with Crippen LogP contribution < -0.4 is 10.6 Å². The van der Waals surface area contributed by atoms with Gasteiger partial charge in [0.1, 0.15) is 22.1 Å². The van der Waals surface area contributed by atoms with E-state index in [0.29, 0.717) is 65.7 Å². The van der Waals surface area contributed by atoms with E-state index in [9.17, 15) is 19.5 Å². The van der Waals surface area contributed by atoms with Crippen molar-refractivity contribution in [2.45, 2.75) is 44.1 Å². The van der Waals surface area contributed by atoms with Crippen LogP contribution in [0.15, 0.2) is 45.7 Å². The number of fused-ring (bicyclic) bond motifs is 2. The molecule has 0 aliphatic carbocycles. The third kappa shape index (κ3) is 6.10. The molecule has 2 aliphatic heterocycles. The number of cyclic esters (lactones) is 1. The number of aliphatic hydroxyl groups is 1. The minimum Gasteiger partial charge on any atom is -0.466 e. The third-order valence-electron chi connectivity index (χ3n) is 6.11. The van der Waals surface area contributed by atoms with Gasteiger partial charge in [0, 0.05) is 36.1 Å². The van der Waals surface area contributed by atoms with Gasteiger partial charge in [-0.15, -0.1) is 0 Å². The normalized spacial score (nSPS) is 21.3. The Morgan fingerprint density at radius 1 is 0.789 bits per heavy atom. The van der Waals surface area contributed by atoms with Gasteiger partial charge in [-0.05, 0) is 63.4 Å². The van der Waals surface area contributed by atoms with Crippen molar-refractivity contribution < 1.29 is 38.2 Å². The Hall–Kier alpha value is -4.43. The lowest BCUT2D eigenvalue weighted by atomic mass is 10.1. The van der Waals surface area contributed by atoms with Crippen LogP contribution in [0.4, 0.5) is 0 Å². The molecule has 0 saturated carbocycles. The molecule has 0 bridgehead atoms. The summed E-state index contributed by atoms with van der Waals surface area (Å²) in [5, 5.41) is 29.8. The van der Waals surface area contributed by atoms with E-state index in [2.05, 4.69) is 40.5 Å². The number of aliphatic hydroxyl groups excluding tert-OH is 1. The second-order valence-corrected chi connectivity index (χ2v) is 8.84. The van der Waals surface area contributed by atoms with Gasteiger partial charge in [0.25, 0.3) is 11.8 Å². The first-order chi connectivity index (χ1) is 18.4. The van der Waals surface area contributed by atoms with Crippen molar-refractivity contribution in [1.82, 2.24) is 31.3 Å². The molecule has 4 heterocycles. The number of ether oxygens (including phenoxy) is 2. The molecule has 4 aromatic rings. The van der Waals surface area contributed by atoms with Gasteiger partial charge in [0.2, 0.25) is 0 Å². The SMILES string of the molecule is O=C(NC1CCOC(O)C1)c1ccc2nonc2c1.O=C1CC(NC(=O)c2ccc3nonc3c2)CCO1. The predicted octanol–water partition coefficient (Wildman–Crippen LogP) is 1.11. The fourth-order valence-corrected chi connectivity index (χ4v) is 4.09. The lowest BCUT2D eigenvalue weighted by molar-refractivity contribution is -0.147. The highest BCUT2D eigenvalue weighted by Gasteiger charge is 2.24. The maximum absolute atomic E-state index is 12.1. The van der Waals surface area contributed by atoms with Crippen molar-refractivity contribution in [2.75, 3.05) is 13.2 Å². The molecule has 198 valence electrons. The van der Waals surface area contributed by atoms with Crippen molar-refractivity contribution in [3.8, 4) is 0 Å². The lowest BCUT2D eigenvalue weighted by Crippen LogP contribution is -2.41. The van der Waals surface area contributed by atoms with E-state index in [-0.39, 0.29) is 36.3 Å². The molecule has 3 N–H and O–H groups in total. The monoisotopic (exact) mass is 524 g/mol. The van der Waals surface area contributed by atoms with Crippen LogP contribution in [0.5, 0.6) is 0 Å². The zero-order valence-corrected chi connectivity index (χ0v) is 20.0. The third-order valence-corrected chi connectivity index (χ3v) is 6.11. The lowest BCUT2D eigenvalue weighted by Gasteiger charge is -2.26. The first kappa shape index (κ1) is 25.2. The maximum atomic E-state index is 12.1. The Morgan fingerprint density at radius 3 is 1.92 bits per heavy atom. The standard InChI is InChI=1S/C12H13N3O4.C12H11N3O4/c2*16-11-6-8(3-4-18-11)13-12(17)7-1-2-9-10(5-7)15-19-14-9/h1-2,5,8,11,16H,3-4,6H2,(H,13,17);1-2,5,8H,3-4,6H2,(H,13,17). The number of esters is 1. The number of amides is 2. The van der Waals surface area contributed by atoms with Gasteiger partial charge in [0.15, 0.2) is 6.29 Å². The van der Waals surface area contributed by atoms with Gasteiger partial charge < -0.3 is 25.2 Å². The molecule has 2 aliphatic rings. The molecule has 6 rings (SSSR count). The van der Waals surface area contributed by atoms with Gasteiger partial charge in [-0.25, -0.2) is 9.26 Å². The van der Waals surface area contributed by atoms with Gasteiger partial charge >= 0.3 is 5.97 Å². The number of benzene rings is 2. The molecule has 2 amide bonds. The predicted molar refractivity (Wildman–Crippen MR) is 128 cm³/mol. The number of aromatic nitrogens is 4. The van der Waals surface area contributed by atoms with Crippen LogP contribution in [-0.4, -0.2) is 75.1 Å². The van der Waals surface area contributed by atoms with Crippen molar-refractivity contribution in [3.05, 3.63) is 47.5 Å². The van der Waals surface area contributed by atoms with Crippen LogP contribution in [-0.2, 0) is 14.3 Å². The Kier molecular flexibility index (Phi) is 7.51. The average molecular weight is 524 g/mol. The quantitative estimate of drug-likeness (QED) is 0.323. The summed E-state index contributed by atoms with van der Waals surface area (Å²) in [5.41, 5.74) is 3.22. The van der Waals surface area contributed by atoms with Gasteiger partial charge in [-0.2, -0.15) is 0 Å². The van der Waals surface area contributed by atoms with E-state index < -0.39 is 6.29 Å². The minimum atomic E-state index is -0.804. The van der Waals surface area contributed by atoms with Crippen molar-refractivity contribution in [2.24, 2.45) is 0 Å².